The molecule has 1 N–H and O–H groups in total. The molecule has 2 fully saturated rings. The Balaban J connectivity index is 1.41. The van der Waals surface area contributed by atoms with Crippen LogP contribution in [-0.2, 0) is 17.8 Å². The van der Waals surface area contributed by atoms with Crippen molar-refractivity contribution in [3.05, 3.63) is 71.0 Å². The Morgan fingerprint density at radius 1 is 1.21 bits per heavy atom. The lowest BCUT2D eigenvalue weighted by molar-refractivity contribution is -0.0489. The van der Waals surface area contributed by atoms with E-state index in [1.807, 2.05) is 36.4 Å². The van der Waals surface area contributed by atoms with Crippen LogP contribution < -0.4 is 0 Å². The molecule has 0 aromatic heterocycles. The van der Waals surface area contributed by atoms with Crippen molar-refractivity contribution in [3.63, 3.8) is 0 Å². The first-order valence-electron chi connectivity index (χ1n) is 9.87. The van der Waals surface area contributed by atoms with Gasteiger partial charge in [0.2, 0.25) is 0 Å². The highest BCUT2D eigenvalue weighted by molar-refractivity contribution is 5.69. The third-order valence-electron chi connectivity index (χ3n) is 5.97. The van der Waals surface area contributed by atoms with Gasteiger partial charge >= 0.3 is 6.09 Å². The predicted octanol–water partition coefficient (Wildman–Crippen LogP) is 3.93. The zero-order valence-corrected chi connectivity index (χ0v) is 16.1. The normalized spacial score (nSPS) is 25.5. The lowest BCUT2D eigenvalue weighted by Crippen LogP contribution is -2.54. The predicted molar refractivity (Wildman–Crippen MR) is 104 cm³/mol. The second kappa shape index (κ2) is 7.84. The van der Waals surface area contributed by atoms with Crippen LogP contribution in [0.15, 0.2) is 48.5 Å². The van der Waals surface area contributed by atoms with Gasteiger partial charge in [-0.2, -0.15) is 5.26 Å². The van der Waals surface area contributed by atoms with Crippen LogP contribution in [0.3, 0.4) is 0 Å². The van der Waals surface area contributed by atoms with Gasteiger partial charge in [-0.25, -0.2) is 9.18 Å². The van der Waals surface area contributed by atoms with Crippen LogP contribution in [0.4, 0.5) is 9.18 Å². The molecule has 2 aromatic carbocycles. The maximum absolute atomic E-state index is 14.3. The zero-order valence-electron chi connectivity index (χ0n) is 16.1. The number of nitrogens with zero attached hydrogens (tertiary/aromatic N) is 2. The quantitative estimate of drug-likeness (QED) is 0.853. The summed E-state index contributed by atoms with van der Waals surface area (Å²) in [6, 6.07) is 15.5. The molecule has 0 aliphatic carbocycles. The number of hydrogen-bond donors (Lipinski definition) is 1. The minimum Gasteiger partial charge on any atom is -0.445 e. The number of halogens is 1. The van der Waals surface area contributed by atoms with Gasteiger partial charge in [-0.3, -0.25) is 0 Å². The Bertz CT molecular complexity index is 927. The van der Waals surface area contributed by atoms with Crippen LogP contribution in [-0.4, -0.2) is 33.8 Å². The lowest BCUT2D eigenvalue weighted by Gasteiger charge is -2.43. The number of fused-ring (bicyclic) bond motifs is 2. The van der Waals surface area contributed by atoms with E-state index >= 15 is 0 Å². The number of aliphatic hydroxyl groups is 1. The maximum atomic E-state index is 14.3. The van der Waals surface area contributed by atoms with Crippen LogP contribution in [0.2, 0.25) is 0 Å². The summed E-state index contributed by atoms with van der Waals surface area (Å²) in [7, 11) is 0. The van der Waals surface area contributed by atoms with E-state index < -0.39 is 11.4 Å². The first-order chi connectivity index (χ1) is 14.0. The van der Waals surface area contributed by atoms with E-state index in [9.17, 15) is 14.3 Å². The molecule has 2 bridgehead atoms. The number of rotatable bonds is 4. The van der Waals surface area contributed by atoms with Crippen LogP contribution >= 0.6 is 0 Å². The molecule has 2 unspecified atom stereocenters. The number of benzene rings is 2. The Hall–Kier alpha value is -2.91. The molecule has 6 heteroatoms. The summed E-state index contributed by atoms with van der Waals surface area (Å²) >= 11 is 0. The smallest absolute Gasteiger partial charge is 0.410 e. The average molecular weight is 394 g/mol. The Kier molecular flexibility index (Phi) is 5.25. The van der Waals surface area contributed by atoms with Crippen molar-refractivity contribution in [2.24, 2.45) is 0 Å². The fourth-order valence-electron chi connectivity index (χ4n) is 4.67. The minimum absolute atomic E-state index is 0.108. The Morgan fingerprint density at radius 2 is 1.90 bits per heavy atom. The van der Waals surface area contributed by atoms with Gasteiger partial charge in [0.25, 0.3) is 0 Å². The average Bonchev–Trinajstić information content (AvgIpc) is 3.01. The van der Waals surface area contributed by atoms with Gasteiger partial charge in [0, 0.05) is 18.5 Å². The summed E-state index contributed by atoms with van der Waals surface area (Å²) in [6.07, 6.45) is 2.22. The molecule has 0 spiro atoms. The van der Waals surface area contributed by atoms with Crippen LogP contribution in [0.5, 0.6) is 0 Å². The number of hydrogen-bond acceptors (Lipinski definition) is 4. The summed E-state index contributed by atoms with van der Waals surface area (Å²) in [4.78, 5) is 14.4. The van der Waals surface area contributed by atoms with Gasteiger partial charge in [-0.15, -0.1) is 0 Å². The van der Waals surface area contributed by atoms with Crippen molar-refractivity contribution in [1.29, 1.82) is 5.26 Å². The number of piperidine rings is 1. The number of amides is 1. The van der Waals surface area contributed by atoms with Crippen molar-refractivity contribution >= 4 is 6.09 Å². The molecule has 2 aromatic rings. The van der Waals surface area contributed by atoms with Crippen LogP contribution in [0.25, 0.3) is 0 Å². The van der Waals surface area contributed by atoms with Crippen molar-refractivity contribution in [1.82, 2.24) is 4.90 Å². The van der Waals surface area contributed by atoms with E-state index in [4.69, 9.17) is 10.00 Å². The molecule has 4 rings (SSSR count). The largest absolute Gasteiger partial charge is 0.445 e. The highest BCUT2D eigenvalue weighted by atomic mass is 19.1. The molecular formula is C23H23FN2O3. The monoisotopic (exact) mass is 394 g/mol. The van der Waals surface area contributed by atoms with E-state index in [2.05, 4.69) is 0 Å². The van der Waals surface area contributed by atoms with E-state index in [0.717, 1.165) is 18.4 Å². The third-order valence-corrected chi connectivity index (χ3v) is 5.97. The topological polar surface area (TPSA) is 73.6 Å². The molecule has 2 aliphatic heterocycles. The molecule has 0 saturated carbocycles. The summed E-state index contributed by atoms with van der Waals surface area (Å²) in [5.74, 6) is -0.477. The van der Waals surface area contributed by atoms with Crippen molar-refractivity contribution < 1.29 is 19.0 Å². The standard InChI is InChI=1S/C23H23FN2O3/c24-21-10-17(14-25)6-7-18(21)11-23(28)12-19-8-9-20(13-23)26(19)22(27)29-15-16-4-2-1-3-5-16/h1-7,10,19-20,28H,8-9,11-13,15H2. The maximum Gasteiger partial charge on any atom is 0.410 e. The molecule has 150 valence electrons. The first kappa shape index (κ1) is 19.4. The SMILES string of the molecule is N#Cc1ccc(CC2(O)CC3CCC(C2)N3C(=O)OCc2ccccc2)c(F)c1. The molecule has 2 atom stereocenters. The van der Waals surface area contributed by atoms with Crippen molar-refractivity contribution in [2.45, 2.75) is 56.4 Å². The van der Waals surface area contributed by atoms with Gasteiger partial charge < -0.3 is 14.7 Å². The fourth-order valence-corrected chi connectivity index (χ4v) is 4.67. The number of carbonyl (C=O) groups is 1. The zero-order chi connectivity index (χ0) is 20.4. The summed E-state index contributed by atoms with van der Waals surface area (Å²) in [5, 5.41) is 20.0. The highest BCUT2D eigenvalue weighted by Crippen LogP contribution is 2.42. The molecule has 5 nitrogen and oxygen atoms in total. The van der Waals surface area contributed by atoms with Gasteiger partial charge in [-0.1, -0.05) is 36.4 Å². The van der Waals surface area contributed by atoms with Gasteiger partial charge in [0.05, 0.1) is 17.2 Å². The molecular weight excluding hydrogens is 371 g/mol. The molecule has 29 heavy (non-hydrogen) atoms. The fraction of sp³-hybridized carbons (Fsp3) is 0.391. The highest BCUT2D eigenvalue weighted by Gasteiger charge is 2.50. The van der Waals surface area contributed by atoms with Crippen molar-refractivity contribution in [3.8, 4) is 6.07 Å². The van der Waals surface area contributed by atoms with Gasteiger partial charge in [0.1, 0.15) is 12.4 Å². The second-order valence-electron chi connectivity index (χ2n) is 8.06. The second-order valence-corrected chi connectivity index (χ2v) is 8.06. The molecule has 0 radical (unpaired) electrons. The molecule has 2 saturated heterocycles. The Labute approximate surface area is 169 Å². The number of carbonyl (C=O) groups excluding carboxylic acids is 1. The van der Waals surface area contributed by atoms with Crippen LogP contribution in [0, 0.1) is 17.1 Å². The first-order valence-corrected chi connectivity index (χ1v) is 9.87. The summed E-state index contributed by atoms with van der Waals surface area (Å²) in [5.41, 5.74) is 0.509. The molecule has 2 heterocycles. The van der Waals surface area contributed by atoms with Crippen molar-refractivity contribution in [2.75, 3.05) is 0 Å². The van der Waals surface area contributed by atoms with Gasteiger partial charge in [-0.05, 0) is 48.9 Å². The Morgan fingerprint density at radius 3 is 2.52 bits per heavy atom. The third kappa shape index (κ3) is 4.10. The van der Waals surface area contributed by atoms with E-state index in [0.29, 0.717) is 18.4 Å². The van der Waals surface area contributed by atoms with E-state index in [1.54, 1.807) is 17.0 Å². The van der Waals surface area contributed by atoms with Crippen LogP contribution in [0.1, 0.15) is 42.4 Å². The van der Waals surface area contributed by atoms with E-state index in [-0.39, 0.29) is 36.8 Å². The van der Waals surface area contributed by atoms with Gasteiger partial charge in [0.15, 0.2) is 0 Å². The van der Waals surface area contributed by atoms with E-state index in [1.165, 1.54) is 6.07 Å². The lowest BCUT2D eigenvalue weighted by atomic mass is 9.81. The number of nitriles is 1. The molecule has 2 aliphatic rings. The molecule has 1 amide bonds. The number of ether oxygens (including phenoxy) is 1. The summed E-state index contributed by atoms with van der Waals surface area (Å²) < 4.78 is 19.8. The summed E-state index contributed by atoms with van der Waals surface area (Å²) in [6.45, 7) is 0.219. The minimum atomic E-state index is -1.07.